The molecule has 9 heteroatoms. The van der Waals surface area contributed by atoms with Crippen molar-refractivity contribution in [3.63, 3.8) is 0 Å². The first-order valence-corrected chi connectivity index (χ1v) is 8.32. The Balaban J connectivity index is 1.75. The number of benzene rings is 2. The van der Waals surface area contributed by atoms with Gasteiger partial charge in [-0.25, -0.2) is 14.4 Å². The molecular weight excluding hydrogens is 363 g/mol. The summed E-state index contributed by atoms with van der Waals surface area (Å²) in [5.41, 5.74) is 13.4. The van der Waals surface area contributed by atoms with Gasteiger partial charge in [0.15, 0.2) is 11.6 Å². The molecule has 1 heterocycles. The second kappa shape index (κ2) is 8.21. The fraction of sp³-hybridized carbons (Fsp3) is 0.105. The number of halogens is 1. The van der Waals surface area contributed by atoms with Gasteiger partial charge in [-0.2, -0.15) is 0 Å². The van der Waals surface area contributed by atoms with Gasteiger partial charge in [0, 0.05) is 5.56 Å². The minimum atomic E-state index is -0.465. The second-order valence-electron chi connectivity index (χ2n) is 5.90. The minimum Gasteiger partial charge on any atom is -0.495 e. The summed E-state index contributed by atoms with van der Waals surface area (Å²) >= 11 is 0. The zero-order valence-corrected chi connectivity index (χ0v) is 15.3. The Labute approximate surface area is 160 Å². The Morgan fingerprint density at radius 2 is 1.82 bits per heavy atom. The maximum Gasteiger partial charge on any atom is 0.269 e. The van der Waals surface area contributed by atoms with Gasteiger partial charge in [0.05, 0.1) is 12.8 Å². The third-order valence-electron chi connectivity index (χ3n) is 3.89. The topological polar surface area (TPSA) is 114 Å². The van der Waals surface area contributed by atoms with Crippen molar-refractivity contribution in [1.29, 1.82) is 0 Å². The molecule has 1 amide bonds. The van der Waals surface area contributed by atoms with Gasteiger partial charge in [0.1, 0.15) is 23.6 Å². The van der Waals surface area contributed by atoms with Crippen LogP contribution in [0.25, 0.3) is 0 Å². The summed E-state index contributed by atoms with van der Waals surface area (Å²) in [6.07, 6.45) is 1.30. The predicted molar refractivity (Wildman–Crippen MR) is 105 cm³/mol. The lowest BCUT2D eigenvalue weighted by Crippen LogP contribution is -2.30. The number of nitrogen functional groups attached to an aromatic ring is 1. The number of ether oxygens (including phenoxy) is 1. The first-order valence-electron chi connectivity index (χ1n) is 8.32. The molecule has 0 aliphatic carbocycles. The average molecular weight is 382 g/mol. The number of amides is 1. The quantitative estimate of drug-likeness (QED) is 0.485. The van der Waals surface area contributed by atoms with Crippen molar-refractivity contribution in [3.8, 4) is 5.75 Å². The van der Waals surface area contributed by atoms with E-state index in [4.69, 9.17) is 10.5 Å². The predicted octanol–water partition coefficient (Wildman–Crippen LogP) is 3.02. The number of carbonyl (C=O) groups excluding carboxylic acids is 1. The molecule has 28 heavy (non-hydrogen) atoms. The lowest BCUT2D eigenvalue weighted by molar-refractivity contribution is 0.0962. The number of anilines is 4. The van der Waals surface area contributed by atoms with Crippen LogP contribution in [0.5, 0.6) is 5.75 Å². The van der Waals surface area contributed by atoms with E-state index in [-0.39, 0.29) is 17.1 Å². The summed E-state index contributed by atoms with van der Waals surface area (Å²) in [5, 5.41) is 3.10. The minimum absolute atomic E-state index is 0.200. The largest absolute Gasteiger partial charge is 0.495 e. The van der Waals surface area contributed by atoms with Gasteiger partial charge in [0.2, 0.25) is 0 Å². The molecule has 0 atom stereocenters. The van der Waals surface area contributed by atoms with Crippen LogP contribution in [0.4, 0.5) is 27.4 Å². The van der Waals surface area contributed by atoms with E-state index in [1.807, 2.05) is 25.1 Å². The number of hydrogen-bond donors (Lipinski definition) is 4. The highest BCUT2D eigenvalue weighted by Crippen LogP contribution is 2.31. The van der Waals surface area contributed by atoms with Crippen LogP contribution in [-0.4, -0.2) is 23.0 Å². The van der Waals surface area contributed by atoms with Crippen LogP contribution in [0, 0.1) is 12.7 Å². The van der Waals surface area contributed by atoms with Crippen molar-refractivity contribution < 1.29 is 13.9 Å². The van der Waals surface area contributed by atoms with E-state index in [0.29, 0.717) is 17.3 Å². The van der Waals surface area contributed by atoms with Crippen LogP contribution in [0.2, 0.25) is 0 Å². The van der Waals surface area contributed by atoms with Gasteiger partial charge in [-0.3, -0.25) is 15.6 Å². The number of nitrogens with two attached hydrogens (primary N) is 1. The van der Waals surface area contributed by atoms with Crippen molar-refractivity contribution in [1.82, 2.24) is 15.4 Å². The van der Waals surface area contributed by atoms with Crippen LogP contribution >= 0.6 is 0 Å². The van der Waals surface area contributed by atoms with Crippen LogP contribution in [0.1, 0.15) is 15.9 Å². The molecule has 0 saturated heterocycles. The van der Waals surface area contributed by atoms with Crippen LogP contribution in [-0.2, 0) is 0 Å². The van der Waals surface area contributed by atoms with E-state index < -0.39 is 11.7 Å². The molecule has 3 rings (SSSR count). The maximum atomic E-state index is 13.0. The molecule has 0 saturated carbocycles. The molecule has 1 aromatic heterocycles. The van der Waals surface area contributed by atoms with Crippen LogP contribution in [0.15, 0.2) is 48.8 Å². The summed E-state index contributed by atoms with van der Waals surface area (Å²) in [7, 11) is 1.57. The lowest BCUT2D eigenvalue weighted by atomic mass is 10.2. The highest BCUT2D eigenvalue weighted by molar-refractivity contribution is 5.95. The van der Waals surface area contributed by atoms with Gasteiger partial charge >= 0.3 is 0 Å². The molecule has 0 radical (unpaired) electrons. The smallest absolute Gasteiger partial charge is 0.269 e. The number of hydrazine groups is 1. The van der Waals surface area contributed by atoms with Gasteiger partial charge in [0.25, 0.3) is 5.91 Å². The number of methoxy groups -OCH3 is 1. The normalized spacial score (nSPS) is 10.2. The summed E-state index contributed by atoms with van der Waals surface area (Å²) < 4.78 is 18.3. The van der Waals surface area contributed by atoms with E-state index in [0.717, 1.165) is 5.56 Å². The van der Waals surface area contributed by atoms with Crippen molar-refractivity contribution in [2.75, 3.05) is 23.6 Å². The number of aromatic nitrogens is 2. The number of rotatable bonds is 6. The van der Waals surface area contributed by atoms with E-state index in [9.17, 15) is 9.18 Å². The molecule has 0 aliphatic rings. The van der Waals surface area contributed by atoms with Gasteiger partial charge in [-0.05, 0) is 48.9 Å². The molecule has 3 aromatic rings. The lowest BCUT2D eigenvalue weighted by Gasteiger charge is -2.15. The fourth-order valence-corrected chi connectivity index (χ4v) is 2.43. The molecule has 0 aliphatic heterocycles. The Hall–Kier alpha value is -3.88. The first-order chi connectivity index (χ1) is 13.5. The number of nitrogens with one attached hydrogen (secondary N) is 3. The van der Waals surface area contributed by atoms with E-state index in [2.05, 4.69) is 26.1 Å². The third kappa shape index (κ3) is 4.26. The Morgan fingerprint density at radius 1 is 1.11 bits per heavy atom. The Bertz CT molecular complexity index is 994. The summed E-state index contributed by atoms with van der Waals surface area (Å²) in [6, 6.07) is 10.8. The van der Waals surface area contributed by atoms with Crippen molar-refractivity contribution in [3.05, 3.63) is 65.7 Å². The molecule has 144 valence electrons. The summed E-state index contributed by atoms with van der Waals surface area (Å²) in [4.78, 5) is 20.3. The van der Waals surface area contributed by atoms with Gasteiger partial charge in [-0.15, -0.1) is 0 Å². The standard InChI is InChI=1S/C19H19FN6O2/c1-11-3-8-15(28-2)14(9-11)24-17-16(21)18(23-10-22-17)25-26-19(27)12-4-6-13(20)7-5-12/h3-10H,21H2,1-2H3,(H,26,27)(H2,22,23,24,25). The Kier molecular flexibility index (Phi) is 5.54. The molecule has 8 nitrogen and oxygen atoms in total. The summed E-state index contributed by atoms with van der Waals surface area (Å²) in [5.74, 6) is 0.291. The zero-order valence-electron chi connectivity index (χ0n) is 15.3. The number of nitrogens with zero attached hydrogens (tertiary/aromatic N) is 2. The van der Waals surface area contributed by atoms with Gasteiger partial charge in [-0.1, -0.05) is 6.07 Å². The van der Waals surface area contributed by atoms with Crippen LogP contribution in [0.3, 0.4) is 0 Å². The monoisotopic (exact) mass is 382 g/mol. The molecular formula is C19H19FN6O2. The SMILES string of the molecule is COc1ccc(C)cc1Nc1ncnc(NNC(=O)c2ccc(F)cc2)c1N. The number of hydrogen-bond acceptors (Lipinski definition) is 7. The fourth-order valence-electron chi connectivity index (χ4n) is 2.43. The maximum absolute atomic E-state index is 13.0. The average Bonchev–Trinajstić information content (AvgIpc) is 2.69. The first kappa shape index (κ1) is 18.9. The van der Waals surface area contributed by atoms with E-state index in [1.54, 1.807) is 7.11 Å². The van der Waals surface area contributed by atoms with E-state index >= 15 is 0 Å². The summed E-state index contributed by atoms with van der Waals surface area (Å²) in [6.45, 7) is 1.95. The van der Waals surface area contributed by atoms with Crippen molar-refractivity contribution >= 4 is 28.9 Å². The molecule has 2 aromatic carbocycles. The molecule has 0 unspecified atom stereocenters. The third-order valence-corrected chi connectivity index (χ3v) is 3.89. The number of carbonyl (C=O) groups is 1. The highest BCUT2D eigenvalue weighted by Gasteiger charge is 2.12. The molecule has 0 fully saturated rings. The van der Waals surface area contributed by atoms with Crippen molar-refractivity contribution in [2.45, 2.75) is 6.92 Å². The van der Waals surface area contributed by atoms with Crippen molar-refractivity contribution in [2.24, 2.45) is 0 Å². The van der Waals surface area contributed by atoms with Gasteiger partial charge < -0.3 is 15.8 Å². The molecule has 0 bridgehead atoms. The molecule has 0 spiro atoms. The second-order valence-corrected chi connectivity index (χ2v) is 5.90. The molecule has 5 N–H and O–H groups in total. The zero-order chi connectivity index (χ0) is 20.1. The Morgan fingerprint density at radius 3 is 2.54 bits per heavy atom. The number of aryl methyl sites for hydroxylation is 1. The van der Waals surface area contributed by atoms with E-state index in [1.165, 1.54) is 30.6 Å². The van der Waals surface area contributed by atoms with Crippen LogP contribution < -0.4 is 26.6 Å². The highest BCUT2D eigenvalue weighted by atomic mass is 19.1.